The lowest BCUT2D eigenvalue weighted by Gasteiger charge is -2.02. The van der Waals surface area contributed by atoms with Crippen LogP contribution in [0, 0.1) is 0 Å². The standard InChI is InChI=1S/C9H7BrN2O5/c10-6-2-1-5(17-6)9(16)12-11-7(13)3-4-8(14)15/h1-4H,(H,11,13)(H,12,16)(H,14,15)/b4-3+. The first-order valence-electron chi connectivity index (χ1n) is 4.25. The van der Waals surface area contributed by atoms with Crippen molar-refractivity contribution in [2.45, 2.75) is 0 Å². The van der Waals surface area contributed by atoms with Gasteiger partial charge < -0.3 is 9.52 Å². The molecule has 0 fully saturated rings. The Morgan fingerprint density at radius 2 is 1.94 bits per heavy atom. The van der Waals surface area contributed by atoms with Crippen LogP contribution < -0.4 is 10.9 Å². The molecule has 1 aromatic heterocycles. The molecule has 0 unspecified atom stereocenters. The monoisotopic (exact) mass is 302 g/mol. The number of hydrazine groups is 1. The second kappa shape index (κ2) is 5.85. The molecule has 0 saturated heterocycles. The minimum Gasteiger partial charge on any atom is -0.478 e. The van der Waals surface area contributed by atoms with Gasteiger partial charge in [0, 0.05) is 12.2 Å². The third-order valence-corrected chi connectivity index (χ3v) is 1.90. The van der Waals surface area contributed by atoms with Crippen LogP contribution in [0.5, 0.6) is 0 Å². The fraction of sp³-hybridized carbons (Fsp3) is 0. The van der Waals surface area contributed by atoms with E-state index in [4.69, 9.17) is 9.52 Å². The zero-order chi connectivity index (χ0) is 12.8. The molecule has 7 nitrogen and oxygen atoms in total. The third-order valence-electron chi connectivity index (χ3n) is 1.47. The summed E-state index contributed by atoms with van der Waals surface area (Å²) in [6.45, 7) is 0. The summed E-state index contributed by atoms with van der Waals surface area (Å²) >= 11 is 3.01. The Morgan fingerprint density at radius 1 is 1.24 bits per heavy atom. The molecule has 2 amide bonds. The Balaban J connectivity index is 2.43. The topological polar surface area (TPSA) is 109 Å². The number of amides is 2. The molecular formula is C9H7BrN2O5. The highest BCUT2D eigenvalue weighted by atomic mass is 79.9. The van der Waals surface area contributed by atoms with Crippen molar-refractivity contribution in [2.75, 3.05) is 0 Å². The van der Waals surface area contributed by atoms with E-state index in [-0.39, 0.29) is 5.76 Å². The molecule has 1 rings (SSSR count). The van der Waals surface area contributed by atoms with Crippen molar-refractivity contribution in [1.82, 2.24) is 10.9 Å². The predicted octanol–water partition coefficient (Wildman–Crippen LogP) is 0.444. The summed E-state index contributed by atoms with van der Waals surface area (Å²) in [6.07, 6.45) is 1.41. The van der Waals surface area contributed by atoms with Crippen molar-refractivity contribution in [1.29, 1.82) is 0 Å². The molecule has 0 radical (unpaired) electrons. The summed E-state index contributed by atoms with van der Waals surface area (Å²) < 4.78 is 5.29. The number of furan rings is 1. The molecule has 0 aromatic carbocycles. The summed E-state index contributed by atoms with van der Waals surface area (Å²) in [7, 11) is 0. The van der Waals surface area contributed by atoms with Crippen LogP contribution >= 0.6 is 15.9 Å². The first-order valence-corrected chi connectivity index (χ1v) is 5.05. The largest absolute Gasteiger partial charge is 0.478 e. The number of carbonyl (C=O) groups is 3. The van der Waals surface area contributed by atoms with Crippen LogP contribution in [0.3, 0.4) is 0 Å². The Bertz CT molecular complexity index is 479. The molecule has 0 aliphatic rings. The lowest BCUT2D eigenvalue weighted by Crippen LogP contribution is -2.40. The van der Waals surface area contributed by atoms with Gasteiger partial charge in [-0.25, -0.2) is 4.79 Å². The molecule has 0 aliphatic carbocycles. The SMILES string of the molecule is O=C(O)/C=C/C(=O)NNC(=O)c1ccc(Br)o1. The van der Waals surface area contributed by atoms with Crippen molar-refractivity contribution < 1.29 is 23.9 Å². The van der Waals surface area contributed by atoms with Gasteiger partial charge in [0.2, 0.25) is 0 Å². The van der Waals surface area contributed by atoms with Crippen molar-refractivity contribution in [3.05, 3.63) is 34.7 Å². The molecular weight excluding hydrogens is 296 g/mol. The third kappa shape index (κ3) is 4.51. The lowest BCUT2D eigenvalue weighted by molar-refractivity contribution is -0.131. The summed E-state index contributed by atoms with van der Waals surface area (Å²) in [4.78, 5) is 32.4. The number of carbonyl (C=O) groups excluding carboxylic acids is 2. The van der Waals surface area contributed by atoms with Gasteiger partial charge >= 0.3 is 11.9 Å². The van der Waals surface area contributed by atoms with Crippen molar-refractivity contribution in [3.63, 3.8) is 0 Å². The first-order chi connectivity index (χ1) is 7.99. The van der Waals surface area contributed by atoms with Gasteiger partial charge in [-0.3, -0.25) is 20.4 Å². The van der Waals surface area contributed by atoms with Crippen molar-refractivity contribution in [2.24, 2.45) is 0 Å². The molecule has 1 aromatic rings. The van der Waals surface area contributed by atoms with E-state index in [1.807, 2.05) is 10.9 Å². The molecule has 3 N–H and O–H groups in total. The average molecular weight is 303 g/mol. The Hall–Kier alpha value is -2.09. The summed E-state index contributed by atoms with van der Waals surface area (Å²) in [5, 5.41) is 8.25. The second-order valence-corrected chi connectivity index (χ2v) is 3.50. The molecule has 0 bridgehead atoms. The van der Waals surface area contributed by atoms with Gasteiger partial charge in [-0.1, -0.05) is 0 Å². The average Bonchev–Trinajstić information content (AvgIpc) is 2.70. The number of aliphatic carboxylic acids is 1. The second-order valence-electron chi connectivity index (χ2n) is 2.72. The van der Waals surface area contributed by atoms with E-state index >= 15 is 0 Å². The van der Waals surface area contributed by atoms with E-state index in [1.165, 1.54) is 12.1 Å². The lowest BCUT2D eigenvalue weighted by atomic mass is 10.4. The highest BCUT2D eigenvalue weighted by molar-refractivity contribution is 9.10. The van der Waals surface area contributed by atoms with Gasteiger partial charge in [-0.15, -0.1) is 0 Å². The van der Waals surface area contributed by atoms with Crippen LogP contribution in [0.1, 0.15) is 10.6 Å². The molecule has 0 atom stereocenters. The Kier molecular flexibility index (Phi) is 4.46. The number of hydrogen-bond acceptors (Lipinski definition) is 4. The molecule has 90 valence electrons. The fourth-order valence-corrected chi connectivity index (χ4v) is 1.11. The zero-order valence-corrected chi connectivity index (χ0v) is 9.85. The van der Waals surface area contributed by atoms with Gasteiger partial charge in [0.25, 0.3) is 5.91 Å². The molecule has 0 spiro atoms. The highest BCUT2D eigenvalue weighted by Gasteiger charge is 2.10. The summed E-state index contributed by atoms with van der Waals surface area (Å²) in [6, 6.07) is 2.92. The maximum atomic E-state index is 11.3. The number of hydrogen-bond donors (Lipinski definition) is 3. The smallest absolute Gasteiger partial charge is 0.328 e. The van der Waals surface area contributed by atoms with E-state index in [1.54, 1.807) is 0 Å². The van der Waals surface area contributed by atoms with Crippen LogP contribution in [0.15, 0.2) is 33.4 Å². The normalized spacial score (nSPS) is 10.2. The highest BCUT2D eigenvalue weighted by Crippen LogP contribution is 2.13. The van der Waals surface area contributed by atoms with E-state index < -0.39 is 17.8 Å². The Morgan fingerprint density at radius 3 is 2.47 bits per heavy atom. The van der Waals surface area contributed by atoms with Crippen molar-refractivity contribution >= 4 is 33.7 Å². The quantitative estimate of drug-likeness (QED) is 0.555. The van der Waals surface area contributed by atoms with Crippen LogP contribution in [-0.2, 0) is 9.59 Å². The fourth-order valence-electron chi connectivity index (χ4n) is 0.805. The van der Waals surface area contributed by atoms with Gasteiger partial charge in [-0.2, -0.15) is 0 Å². The number of carboxylic acids is 1. The van der Waals surface area contributed by atoms with Gasteiger partial charge in [0.1, 0.15) is 0 Å². The molecule has 1 heterocycles. The van der Waals surface area contributed by atoms with Gasteiger partial charge in [-0.05, 0) is 28.1 Å². The number of rotatable bonds is 3. The molecule has 17 heavy (non-hydrogen) atoms. The van der Waals surface area contributed by atoms with E-state index in [0.29, 0.717) is 10.7 Å². The number of nitrogens with one attached hydrogen (secondary N) is 2. The minimum absolute atomic E-state index is 0.000566. The van der Waals surface area contributed by atoms with Gasteiger partial charge in [0.15, 0.2) is 10.4 Å². The van der Waals surface area contributed by atoms with Crippen LogP contribution in [0.2, 0.25) is 0 Å². The summed E-state index contributed by atoms with van der Waals surface area (Å²) in [5.74, 6) is -2.69. The van der Waals surface area contributed by atoms with Crippen molar-refractivity contribution in [3.8, 4) is 0 Å². The molecule has 0 saturated carbocycles. The maximum absolute atomic E-state index is 11.3. The molecule has 0 aliphatic heterocycles. The Labute approximate surface area is 104 Å². The van der Waals surface area contributed by atoms with E-state index in [9.17, 15) is 14.4 Å². The number of halogens is 1. The zero-order valence-electron chi connectivity index (χ0n) is 8.27. The predicted molar refractivity (Wildman–Crippen MR) is 58.8 cm³/mol. The van der Waals surface area contributed by atoms with Crippen LogP contribution in [0.25, 0.3) is 0 Å². The number of carboxylic acid groups (broad SMARTS) is 1. The van der Waals surface area contributed by atoms with Gasteiger partial charge in [0.05, 0.1) is 0 Å². The van der Waals surface area contributed by atoms with Crippen LogP contribution in [-0.4, -0.2) is 22.9 Å². The minimum atomic E-state index is -1.26. The van der Waals surface area contributed by atoms with E-state index in [0.717, 1.165) is 6.08 Å². The molecule has 8 heteroatoms. The maximum Gasteiger partial charge on any atom is 0.328 e. The van der Waals surface area contributed by atoms with E-state index in [2.05, 4.69) is 15.9 Å². The summed E-state index contributed by atoms with van der Waals surface area (Å²) in [5.41, 5.74) is 4.02. The first kappa shape index (κ1) is 13.0. The van der Waals surface area contributed by atoms with Crippen LogP contribution in [0.4, 0.5) is 0 Å².